The number of ether oxygens (including phenoxy) is 3. The molecule has 1 rings (SSSR count). The van der Waals surface area contributed by atoms with Crippen molar-refractivity contribution < 1.29 is 19.0 Å². The molecule has 0 bridgehead atoms. The van der Waals surface area contributed by atoms with E-state index in [-0.39, 0.29) is 18.8 Å². The molecule has 0 atom stereocenters. The van der Waals surface area contributed by atoms with Gasteiger partial charge in [-0.1, -0.05) is 6.07 Å². The van der Waals surface area contributed by atoms with Crippen LogP contribution in [0.2, 0.25) is 0 Å². The Balaban J connectivity index is 2.54. The second-order valence-corrected chi connectivity index (χ2v) is 3.84. The summed E-state index contributed by atoms with van der Waals surface area (Å²) in [6.07, 6.45) is -0.313. The number of carbonyl (C=O) groups is 1. The number of amides is 1. The number of hydrogen-bond donors (Lipinski definition) is 2. The van der Waals surface area contributed by atoms with E-state index < -0.39 is 0 Å². The molecule has 0 fully saturated rings. The zero-order valence-electron chi connectivity index (χ0n) is 11.4. The number of anilines is 2. The van der Waals surface area contributed by atoms with E-state index in [1.165, 1.54) is 7.11 Å². The van der Waals surface area contributed by atoms with Crippen LogP contribution >= 0.6 is 0 Å². The first-order chi connectivity index (χ1) is 9.19. The maximum absolute atomic E-state index is 11.4. The Morgan fingerprint density at radius 2 is 1.89 bits per heavy atom. The maximum Gasteiger partial charge on any atom is 0.250 e. The highest BCUT2D eigenvalue weighted by molar-refractivity contribution is 5.92. The molecule has 6 nitrogen and oxygen atoms in total. The lowest BCUT2D eigenvalue weighted by atomic mass is 10.2. The van der Waals surface area contributed by atoms with Gasteiger partial charge in [0.15, 0.2) is 6.29 Å². The molecule has 0 aromatic heterocycles. The van der Waals surface area contributed by atoms with Crippen LogP contribution in [-0.4, -0.2) is 46.7 Å². The van der Waals surface area contributed by atoms with Crippen LogP contribution < -0.4 is 10.6 Å². The van der Waals surface area contributed by atoms with Gasteiger partial charge in [0.25, 0.3) is 0 Å². The third-order valence-corrected chi connectivity index (χ3v) is 2.42. The van der Waals surface area contributed by atoms with Gasteiger partial charge in [-0.3, -0.25) is 4.79 Å². The average molecular weight is 268 g/mol. The van der Waals surface area contributed by atoms with Gasteiger partial charge in [-0.2, -0.15) is 0 Å². The lowest BCUT2D eigenvalue weighted by Crippen LogP contribution is -2.23. The fraction of sp³-hybridized carbons (Fsp3) is 0.462. The van der Waals surface area contributed by atoms with Crippen LogP contribution in [0, 0.1) is 0 Å². The van der Waals surface area contributed by atoms with Crippen LogP contribution in [-0.2, 0) is 19.0 Å². The smallest absolute Gasteiger partial charge is 0.250 e. The second-order valence-electron chi connectivity index (χ2n) is 3.84. The quantitative estimate of drug-likeness (QED) is 0.696. The van der Waals surface area contributed by atoms with Gasteiger partial charge in [0.2, 0.25) is 5.91 Å². The zero-order chi connectivity index (χ0) is 14.1. The number of nitrogens with one attached hydrogen (secondary N) is 2. The predicted octanol–water partition coefficient (Wildman–Crippen LogP) is 1.30. The fourth-order valence-corrected chi connectivity index (χ4v) is 1.50. The molecule has 19 heavy (non-hydrogen) atoms. The Morgan fingerprint density at radius 3 is 2.53 bits per heavy atom. The Hall–Kier alpha value is -1.63. The minimum atomic E-state index is -0.313. The van der Waals surface area contributed by atoms with Crippen molar-refractivity contribution in [1.82, 2.24) is 0 Å². The second kappa shape index (κ2) is 8.47. The largest absolute Gasteiger partial charge is 0.380 e. The Morgan fingerprint density at radius 1 is 1.21 bits per heavy atom. The third kappa shape index (κ3) is 5.69. The summed E-state index contributed by atoms with van der Waals surface area (Å²) in [7, 11) is 4.64. The number of methoxy groups -OCH3 is 3. The highest BCUT2D eigenvalue weighted by Crippen LogP contribution is 2.15. The molecule has 6 heteroatoms. The van der Waals surface area contributed by atoms with Crippen LogP contribution in [0.15, 0.2) is 24.3 Å². The number of rotatable bonds is 8. The Bertz CT molecular complexity index is 394. The molecular weight excluding hydrogens is 248 g/mol. The normalized spacial score (nSPS) is 10.5. The topological polar surface area (TPSA) is 68.8 Å². The average Bonchev–Trinajstić information content (AvgIpc) is 2.40. The Labute approximate surface area is 113 Å². The van der Waals surface area contributed by atoms with Gasteiger partial charge >= 0.3 is 0 Å². The van der Waals surface area contributed by atoms with E-state index in [1.54, 1.807) is 14.2 Å². The van der Waals surface area contributed by atoms with E-state index in [0.717, 1.165) is 5.69 Å². The molecule has 0 saturated carbocycles. The Kier molecular flexibility index (Phi) is 6.88. The van der Waals surface area contributed by atoms with E-state index in [9.17, 15) is 4.79 Å². The summed E-state index contributed by atoms with van der Waals surface area (Å²) >= 11 is 0. The molecule has 106 valence electrons. The molecule has 0 aliphatic carbocycles. The highest BCUT2D eigenvalue weighted by Gasteiger charge is 2.05. The van der Waals surface area contributed by atoms with E-state index in [1.807, 2.05) is 24.3 Å². The number of hydrogen-bond acceptors (Lipinski definition) is 5. The van der Waals surface area contributed by atoms with E-state index in [4.69, 9.17) is 14.2 Å². The first-order valence-electron chi connectivity index (χ1n) is 5.88. The van der Waals surface area contributed by atoms with Crippen LogP contribution in [0.25, 0.3) is 0 Å². The van der Waals surface area contributed by atoms with Gasteiger partial charge in [-0.25, -0.2) is 0 Å². The number of carbonyl (C=O) groups excluding carboxylic acids is 1. The minimum absolute atomic E-state index is 0.0348. The van der Waals surface area contributed by atoms with Gasteiger partial charge in [0.1, 0.15) is 6.61 Å². The molecule has 1 aromatic carbocycles. The zero-order valence-corrected chi connectivity index (χ0v) is 11.4. The van der Waals surface area contributed by atoms with Crippen LogP contribution in [0.5, 0.6) is 0 Å². The van der Waals surface area contributed by atoms with Crippen molar-refractivity contribution in [2.75, 3.05) is 45.1 Å². The minimum Gasteiger partial charge on any atom is -0.380 e. The van der Waals surface area contributed by atoms with Gasteiger partial charge < -0.3 is 24.8 Å². The summed E-state index contributed by atoms with van der Waals surface area (Å²) < 4.78 is 14.9. The van der Waals surface area contributed by atoms with Crippen molar-refractivity contribution in [2.24, 2.45) is 0 Å². The van der Waals surface area contributed by atoms with Gasteiger partial charge in [-0.05, 0) is 18.2 Å². The molecule has 0 spiro atoms. The molecule has 0 aliphatic heterocycles. The van der Waals surface area contributed by atoms with Crippen LogP contribution in [0.4, 0.5) is 11.4 Å². The SMILES string of the molecule is COCC(=O)Nc1cccc(NCC(OC)OC)c1. The molecule has 0 aliphatic rings. The molecule has 0 heterocycles. The van der Waals surface area contributed by atoms with Crippen molar-refractivity contribution in [3.8, 4) is 0 Å². The lowest BCUT2D eigenvalue weighted by molar-refractivity contribution is -0.119. The molecule has 2 N–H and O–H groups in total. The third-order valence-electron chi connectivity index (χ3n) is 2.42. The maximum atomic E-state index is 11.4. The lowest BCUT2D eigenvalue weighted by Gasteiger charge is -2.15. The first kappa shape index (κ1) is 15.4. The van der Waals surface area contributed by atoms with E-state index >= 15 is 0 Å². The predicted molar refractivity (Wildman–Crippen MR) is 73.2 cm³/mol. The molecule has 0 saturated heterocycles. The first-order valence-corrected chi connectivity index (χ1v) is 5.88. The van der Waals surface area contributed by atoms with Gasteiger partial charge in [0.05, 0.1) is 6.54 Å². The molecular formula is C13H20N2O4. The van der Waals surface area contributed by atoms with Gasteiger partial charge in [0, 0.05) is 32.7 Å². The van der Waals surface area contributed by atoms with E-state index in [0.29, 0.717) is 12.2 Å². The summed E-state index contributed by atoms with van der Waals surface area (Å²) in [6.45, 7) is 0.551. The fourth-order valence-electron chi connectivity index (χ4n) is 1.50. The number of benzene rings is 1. The van der Waals surface area contributed by atoms with Crippen molar-refractivity contribution in [3.05, 3.63) is 24.3 Å². The van der Waals surface area contributed by atoms with Gasteiger partial charge in [-0.15, -0.1) is 0 Å². The molecule has 1 aromatic rings. The summed E-state index contributed by atoms with van der Waals surface area (Å²) in [4.78, 5) is 11.4. The monoisotopic (exact) mass is 268 g/mol. The molecule has 1 amide bonds. The molecule has 0 unspecified atom stereocenters. The highest BCUT2D eigenvalue weighted by atomic mass is 16.7. The van der Waals surface area contributed by atoms with Crippen molar-refractivity contribution in [1.29, 1.82) is 0 Å². The van der Waals surface area contributed by atoms with Crippen LogP contribution in [0.3, 0.4) is 0 Å². The summed E-state index contributed by atoms with van der Waals surface area (Å²) in [5, 5.41) is 5.89. The summed E-state index contributed by atoms with van der Waals surface area (Å²) in [5.41, 5.74) is 1.58. The van der Waals surface area contributed by atoms with Crippen molar-refractivity contribution >= 4 is 17.3 Å². The summed E-state index contributed by atoms with van der Waals surface area (Å²) in [6, 6.07) is 7.38. The van der Waals surface area contributed by atoms with Crippen molar-refractivity contribution in [2.45, 2.75) is 6.29 Å². The molecule has 0 radical (unpaired) electrons. The summed E-state index contributed by atoms with van der Waals surface area (Å²) in [5.74, 6) is -0.189. The van der Waals surface area contributed by atoms with Crippen LogP contribution in [0.1, 0.15) is 0 Å². The standard InChI is InChI=1S/C13H20N2O4/c1-17-9-12(16)15-11-6-4-5-10(7-11)14-8-13(18-2)19-3/h4-7,13-14H,8-9H2,1-3H3,(H,15,16). The van der Waals surface area contributed by atoms with E-state index in [2.05, 4.69) is 10.6 Å². The van der Waals surface area contributed by atoms with Crippen molar-refractivity contribution in [3.63, 3.8) is 0 Å².